The molecular weight excluding hydrogens is 338 g/mol. The number of hydrogen-bond acceptors (Lipinski definition) is 2. The normalized spacial score (nSPS) is 23.5. The number of anilines is 1. The predicted octanol–water partition coefficient (Wildman–Crippen LogP) is 4.33. The molecule has 1 heterocycles. The van der Waals surface area contributed by atoms with Gasteiger partial charge in [-0.1, -0.05) is 27.7 Å². The number of rotatable bonds is 2. The van der Waals surface area contributed by atoms with E-state index in [1.165, 1.54) is 12.1 Å². The van der Waals surface area contributed by atoms with Crippen molar-refractivity contribution in [1.82, 2.24) is 5.32 Å². The van der Waals surface area contributed by atoms with Crippen molar-refractivity contribution in [3.63, 3.8) is 0 Å². The second kappa shape index (κ2) is 6.21. The van der Waals surface area contributed by atoms with Crippen LogP contribution in [0.4, 0.5) is 14.5 Å². The SMILES string of the molecule is CCC1CNC(C(C)(C)C)CN1c1cc(F)c(Br)cc1F. The molecule has 1 aromatic carbocycles. The minimum absolute atomic E-state index is 0.0708. The Morgan fingerprint density at radius 1 is 1.29 bits per heavy atom. The van der Waals surface area contributed by atoms with E-state index in [9.17, 15) is 8.78 Å². The van der Waals surface area contributed by atoms with Gasteiger partial charge in [0.25, 0.3) is 0 Å². The van der Waals surface area contributed by atoms with Gasteiger partial charge in [-0.3, -0.25) is 0 Å². The second-order valence-corrected chi connectivity index (χ2v) is 7.61. The van der Waals surface area contributed by atoms with Crippen LogP contribution in [-0.4, -0.2) is 25.2 Å². The van der Waals surface area contributed by atoms with Crippen LogP contribution in [0.3, 0.4) is 0 Å². The van der Waals surface area contributed by atoms with E-state index in [0.717, 1.165) is 13.0 Å². The second-order valence-electron chi connectivity index (χ2n) is 6.76. The van der Waals surface area contributed by atoms with E-state index in [0.29, 0.717) is 12.2 Å². The van der Waals surface area contributed by atoms with Gasteiger partial charge in [0.2, 0.25) is 0 Å². The highest BCUT2D eigenvalue weighted by atomic mass is 79.9. The van der Waals surface area contributed by atoms with Crippen molar-refractivity contribution in [3.8, 4) is 0 Å². The highest BCUT2D eigenvalue weighted by molar-refractivity contribution is 9.10. The first-order valence-electron chi connectivity index (χ1n) is 7.38. The molecule has 1 saturated heterocycles. The number of hydrogen-bond donors (Lipinski definition) is 1. The first-order chi connectivity index (χ1) is 9.74. The molecule has 0 amide bonds. The topological polar surface area (TPSA) is 15.3 Å². The van der Waals surface area contributed by atoms with Crippen LogP contribution in [0.15, 0.2) is 16.6 Å². The van der Waals surface area contributed by atoms with Crippen LogP contribution in [0.5, 0.6) is 0 Å². The number of piperazine rings is 1. The zero-order valence-electron chi connectivity index (χ0n) is 13.0. The summed E-state index contributed by atoms with van der Waals surface area (Å²) in [5.41, 5.74) is 0.430. The highest BCUT2D eigenvalue weighted by Crippen LogP contribution is 2.32. The molecule has 0 saturated carbocycles. The molecule has 0 radical (unpaired) electrons. The molecule has 1 aliphatic rings. The first kappa shape index (κ1) is 16.7. The number of nitrogens with zero attached hydrogens (tertiary/aromatic N) is 1. The summed E-state index contributed by atoms with van der Waals surface area (Å²) >= 11 is 3.03. The molecule has 0 spiro atoms. The third-order valence-corrected chi connectivity index (χ3v) is 4.84. The Labute approximate surface area is 134 Å². The van der Waals surface area contributed by atoms with Crippen molar-refractivity contribution in [2.75, 3.05) is 18.0 Å². The monoisotopic (exact) mass is 360 g/mol. The van der Waals surface area contributed by atoms with Gasteiger partial charge >= 0.3 is 0 Å². The lowest BCUT2D eigenvalue weighted by molar-refractivity contribution is 0.233. The fourth-order valence-corrected chi connectivity index (χ4v) is 3.09. The maximum Gasteiger partial charge on any atom is 0.147 e. The van der Waals surface area contributed by atoms with Gasteiger partial charge in [0.1, 0.15) is 11.6 Å². The van der Waals surface area contributed by atoms with Crippen LogP contribution in [0.2, 0.25) is 0 Å². The molecule has 0 bridgehead atoms. The number of nitrogens with one attached hydrogen (secondary N) is 1. The van der Waals surface area contributed by atoms with E-state index < -0.39 is 5.82 Å². The quantitative estimate of drug-likeness (QED) is 0.789. The predicted molar refractivity (Wildman–Crippen MR) is 86.7 cm³/mol. The molecule has 2 rings (SSSR count). The van der Waals surface area contributed by atoms with E-state index in [2.05, 4.69) is 48.9 Å². The summed E-state index contributed by atoms with van der Waals surface area (Å²) in [6.07, 6.45) is 0.890. The van der Waals surface area contributed by atoms with Crippen LogP contribution in [0, 0.1) is 17.0 Å². The summed E-state index contributed by atoms with van der Waals surface area (Å²) < 4.78 is 28.3. The fraction of sp³-hybridized carbons (Fsp3) is 0.625. The standard InChI is InChI=1S/C16H23BrF2N2/c1-5-10-8-20-15(16(2,3)4)9-21(10)14-7-12(18)11(17)6-13(14)19/h6-7,10,15,20H,5,8-9H2,1-4H3. The van der Waals surface area contributed by atoms with E-state index in [-0.39, 0.29) is 27.8 Å². The zero-order chi connectivity index (χ0) is 15.8. The molecule has 1 aliphatic heterocycles. The molecule has 0 aliphatic carbocycles. The average Bonchev–Trinajstić information content (AvgIpc) is 2.41. The van der Waals surface area contributed by atoms with Gasteiger partial charge in [-0.25, -0.2) is 8.78 Å². The van der Waals surface area contributed by atoms with Gasteiger partial charge < -0.3 is 10.2 Å². The molecular formula is C16H23BrF2N2. The Bertz CT molecular complexity index is 514. The Kier molecular flexibility index (Phi) is 4.93. The van der Waals surface area contributed by atoms with Gasteiger partial charge in [0, 0.05) is 31.2 Å². The summed E-state index contributed by atoms with van der Waals surface area (Å²) in [6.45, 7) is 10.0. The molecule has 2 nitrogen and oxygen atoms in total. The average molecular weight is 361 g/mol. The van der Waals surface area contributed by atoms with Crippen molar-refractivity contribution in [1.29, 1.82) is 0 Å². The van der Waals surface area contributed by atoms with Gasteiger partial charge in [0.05, 0.1) is 10.2 Å². The minimum Gasteiger partial charge on any atom is -0.363 e. The maximum absolute atomic E-state index is 14.3. The van der Waals surface area contributed by atoms with Crippen LogP contribution in [0.1, 0.15) is 34.1 Å². The smallest absolute Gasteiger partial charge is 0.147 e. The van der Waals surface area contributed by atoms with E-state index >= 15 is 0 Å². The van der Waals surface area contributed by atoms with Gasteiger partial charge in [0.15, 0.2) is 0 Å². The van der Waals surface area contributed by atoms with Crippen molar-refractivity contribution < 1.29 is 8.78 Å². The van der Waals surface area contributed by atoms with Crippen molar-refractivity contribution in [3.05, 3.63) is 28.2 Å². The van der Waals surface area contributed by atoms with Gasteiger partial charge in [-0.2, -0.15) is 0 Å². The third kappa shape index (κ3) is 3.57. The third-order valence-electron chi connectivity index (χ3n) is 4.24. The Balaban J connectivity index is 2.36. The Morgan fingerprint density at radius 3 is 2.52 bits per heavy atom. The largest absolute Gasteiger partial charge is 0.363 e. The Morgan fingerprint density at radius 2 is 1.95 bits per heavy atom. The van der Waals surface area contributed by atoms with Crippen LogP contribution in [-0.2, 0) is 0 Å². The highest BCUT2D eigenvalue weighted by Gasteiger charge is 2.34. The lowest BCUT2D eigenvalue weighted by Crippen LogP contribution is -2.60. The molecule has 118 valence electrons. The molecule has 1 fully saturated rings. The van der Waals surface area contributed by atoms with E-state index in [1.54, 1.807) is 0 Å². The summed E-state index contributed by atoms with van der Waals surface area (Å²) in [4.78, 5) is 2.01. The van der Waals surface area contributed by atoms with Gasteiger partial charge in [-0.05, 0) is 33.8 Å². The van der Waals surface area contributed by atoms with Crippen LogP contribution < -0.4 is 10.2 Å². The summed E-state index contributed by atoms with van der Waals surface area (Å²) in [5, 5.41) is 3.54. The van der Waals surface area contributed by atoms with E-state index in [1.807, 2.05) is 4.90 Å². The zero-order valence-corrected chi connectivity index (χ0v) is 14.6. The molecule has 2 atom stereocenters. The molecule has 21 heavy (non-hydrogen) atoms. The summed E-state index contributed by atoms with van der Waals surface area (Å²) in [6, 6.07) is 2.93. The van der Waals surface area contributed by atoms with Crippen molar-refractivity contribution >= 4 is 21.6 Å². The Hall–Kier alpha value is -0.680. The van der Waals surface area contributed by atoms with Gasteiger partial charge in [-0.15, -0.1) is 0 Å². The number of benzene rings is 1. The van der Waals surface area contributed by atoms with Crippen LogP contribution in [0.25, 0.3) is 0 Å². The summed E-state index contributed by atoms with van der Waals surface area (Å²) in [7, 11) is 0. The molecule has 1 N–H and O–H groups in total. The van der Waals surface area contributed by atoms with Crippen molar-refractivity contribution in [2.45, 2.75) is 46.2 Å². The fourth-order valence-electron chi connectivity index (χ4n) is 2.77. The lowest BCUT2D eigenvalue weighted by atomic mass is 9.84. The molecule has 2 unspecified atom stereocenters. The molecule has 0 aromatic heterocycles. The molecule has 5 heteroatoms. The molecule has 1 aromatic rings. The van der Waals surface area contributed by atoms with Crippen molar-refractivity contribution in [2.24, 2.45) is 5.41 Å². The number of halogens is 3. The minimum atomic E-state index is -0.424. The first-order valence-corrected chi connectivity index (χ1v) is 8.18. The summed E-state index contributed by atoms with van der Waals surface area (Å²) in [5.74, 6) is -0.802. The van der Waals surface area contributed by atoms with E-state index in [4.69, 9.17) is 0 Å². The van der Waals surface area contributed by atoms with Crippen LogP contribution >= 0.6 is 15.9 Å². The lowest BCUT2D eigenvalue weighted by Gasteiger charge is -2.46. The maximum atomic E-state index is 14.3.